The average Bonchev–Trinajstić information content (AvgIpc) is 3.05. The third-order valence-corrected chi connectivity index (χ3v) is 3.79. The number of nitrogens with zero attached hydrogens (tertiary/aromatic N) is 4. The van der Waals surface area contributed by atoms with Crippen LogP contribution in [0.25, 0.3) is 28.2 Å². The summed E-state index contributed by atoms with van der Waals surface area (Å²) >= 11 is 0. The van der Waals surface area contributed by atoms with Crippen molar-refractivity contribution in [1.82, 2.24) is 19.4 Å². The molecule has 0 aliphatic rings. The Hall–Kier alpha value is -3.05. The summed E-state index contributed by atoms with van der Waals surface area (Å²) < 4.78 is 2.02. The van der Waals surface area contributed by atoms with E-state index in [1.807, 2.05) is 53.2 Å². The number of hydrogen-bond acceptors (Lipinski definition) is 4. The van der Waals surface area contributed by atoms with E-state index in [1.165, 1.54) is 0 Å². The van der Waals surface area contributed by atoms with Crippen molar-refractivity contribution in [3.8, 4) is 22.5 Å². The maximum Gasteiger partial charge on any atom is 0.155 e. The van der Waals surface area contributed by atoms with Gasteiger partial charge in [-0.05, 0) is 17.7 Å². The quantitative estimate of drug-likeness (QED) is 0.632. The molecule has 3 aromatic heterocycles. The zero-order chi connectivity index (χ0) is 15.6. The van der Waals surface area contributed by atoms with Crippen LogP contribution in [0, 0.1) is 0 Å². The van der Waals surface area contributed by atoms with Gasteiger partial charge in [0.2, 0.25) is 0 Å². The van der Waals surface area contributed by atoms with Crippen molar-refractivity contribution in [2.45, 2.75) is 6.61 Å². The SMILES string of the molecule is OCc1ccc(-c2cnc3cnc(-c4cccnc4)cn23)cc1. The number of aliphatic hydroxyl groups is 1. The van der Waals surface area contributed by atoms with Crippen LogP contribution in [0.4, 0.5) is 0 Å². The normalized spacial score (nSPS) is 11.0. The molecule has 0 saturated carbocycles. The Balaban J connectivity index is 1.84. The first-order chi connectivity index (χ1) is 11.3. The minimum Gasteiger partial charge on any atom is -0.392 e. The molecule has 0 aliphatic carbocycles. The number of hydrogen-bond donors (Lipinski definition) is 1. The molecule has 4 rings (SSSR count). The highest BCUT2D eigenvalue weighted by Crippen LogP contribution is 2.23. The minimum atomic E-state index is 0.0442. The summed E-state index contributed by atoms with van der Waals surface area (Å²) in [6.07, 6.45) is 9.09. The van der Waals surface area contributed by atoms with E-state index in [9.17, 15) is 0 Å². The van der Waals surface area contributed by atoms with Crippen molar-refractivity contribution in [2.24, 2.45) is 0 Å². The van der Waals surface area contributed by atoms with Gasteiger partial charge in [0.1, 0.15) is 0 Å². The highest BCUT2D eigenvalue weighted by Gasteiger charge is 2.08. The number of fused-ring (bicyclic) bond motifs is 1. The van der Waals surface area contributed by atoms with E-state index in [2.05, 4.69) is 15.0 Å². The monoisotopic (exact) mass is 302 g/mol. The topological polar surface area (TPSA) is 63.3 Å². The molecule has 1 N–H and O–H groups in total. The fourth-order valence-electron chi connectivity index (χ4n) is 2.55. The predicted molar refractivity (Wildman–Crippen MR) is 87.6 cm³/mol. The van der Waals surface area contributed by atoms with E-state index in [4.69, 9.17) is 5.11 Å². The summed E-state index contributed by atoms with van der Waals surface area (Å²) in [5.41, 5.74) is 5.51. The van der Waals surface area contributed by atoms with E-state index in [1.54, 1.807) is 18.6 Å². The van der Waals surface area contributed by atoms with E-state index >= 15 is 0 Å². The molecule has 0 aliphatic heterocycles. The van der Waals surface area contributed by atoms with Gasteiger partial charge in [0.25, 0.3) is 0 Å². The molecule has 112 valence electrons. The first-order valence-corrected chi connectivity index (χ1v) is 7.29. The lowest BCUT2D eigenvalue weighted by molar-refractivity contribution is 0.282. The van der Waals surface area contributed by atoms with Crippen molar-refractivity contribution in [1.29, 1.82) is 0 Å². The van der Waals surface area contributed by atoms with Gasteiger partial charge in [-0.1, -0.05) is 24.3 Å². The molecule has 0 amide bonds. The highest BCUT2D eigenvalue weighted by molar-refractivity contribution is 5.66. The van der Waals surface area contributed by atoms with Crippen LogP contribution in [-0.4, -0.2) is 24.5 Å². The summed E-state index contributed by atoms with van der Waals surface area (Å²) in [4.78, 5) is 13.0. The van der Waals surface area contributed by atoms with E-state index in [0.29, 0.717) is 0 Å². The third kappa shape index (κ3) is 2.47. The fourth-order valence-corrected chi connectivity index (χ4v) is 2.55. The third-order valence-electron chi connectivity index (χ3n) is 3.79. The number of benzene rings is 1. The Labute approximate surface area is 132 Å². The molecule has 0 unspecified atom stereocenters. The van der Waals surface area contributed by atoms with Crippen LogP contribution in [0.5, 0.6) is 0 Å². The zero-order valence-corrected chi connectivity index (χ0v) is 12.3. The molecule has 0 spiro atoms. The van der Waals surface area contributed by atoms with Gasteiger partial charge in [-0.3, -0.25) is 14.4 Å². The number of aromatic nitrogens is 4. The Morgan fingerprint density at radius 1 is 0.913 bits per heavy atom. The Bertz CT molecular complexity index is 946. The first-order valence-electron chi connectivity index (χ1n) is 7.29. The number of imidazole rings is 1. The maximum absolute atomic E-state index is 9.16. The van der Waals surface area contributed by atoms with Crippen LogP contribution < -0.4 is 0 Å². The van der Waals surface area contributed by atoms with E-state index in [-0.39, 0.29) is 6.61 Å². The average molecular weight is 302 g/mol. The van der Waals surface area contributed by atoms with Crippen LogP contribution in [0.2, 0.25) is 0 Å². The van der Waals surface area contributed by atoms with Gasteiger partial charge in [-0.25, -0.2) is 4.98 Å². The molecule has 3 heterocycles. The first kappa shape index (κ1) is 13.6. The lowest BCUT2D eigenvalue weighted by Gasteiger charge is -2.05. The molecule has 0 radical (unpaired) electrons. The molecule has 0 atom stereocenters. The number of aliphatic hydroxyl groups excluding tert-OH is 1. The predicted octanol–water partition coefficient (Wildman–Crippen LogP) is 2.95. The van der Waals surface area contributed by atoms with Crippen LogP contribution in [0.15, 0.2) is 67.4 Å². The van der Waals surface area contributed by atoms with Gasteiger partial charge in [-0.15, -0.1) is 0 Å². The summed E-state index contributed by atoms with van der Waals surface area (Å²) in [5, 5.41) is 9.16. The molecule has 23 heavy (non-hydrogen) atoms. The Morgan fingerprint density at radius 2 is 1.78 bits per heavy atom. The molecule has 1 aromatic carbocycles. The second kappa shape index (κ2) is 5.62. The van der Waals surface area contributed by atoms with Gasteiger partial charge in [0.05, 0.1) is 30.4 Å². The van der Waals surface area contributed by atoms with E-state index in [0.717, 1.165) is 33.7 Å². The summed E-state index contributed by atoms with van der Waals surface area (Å²) in [6.45, 7) is 0.0442. The van der Waals surface area contributed by atoms with Crippen LogP contribution in [0.3, 0.4) is 0 Å². The van der Waals surface area contributed by atoms with Gasteiger partial charge in [0, 0.05) is 29.7 Å². The van der Waals surface area contributed by atoms with E-state index < -0.39 is 0 Å². The lowest BCUT2D eigenvalue weighted by Crippen LogP contribution is -1.93. The summed E-state index contributed by atoms with van der Waals surface area (Å²) in [6, 6.07) is 11.7. The highest BCUT2D eigenvalue weighted by atomic mass is 16.3. The molecule has 5 nitrogen and oxygen atoms in total. The fraction of sp³-hybridized carbons (Fsp3) is 0.0556. The maximum atomic E-state index is 9.16. The van der Waals surface area contributed by atoms with Crippen LogP contribution >= 0.6 is 0 Å². The number of pyridine rings is 1. The van der Waals surface area contributed by atoms with Crippen LogP contribution in [0.1, 0.15) is 5.56 Å². The smallest absolute Gasteiger partial charge is 0.155 e. The molecule has 4 aromatic rings. The summed E-state index contributed by atoms with van der Waals surface area (Å²) in [7, 11) is 0. The largest absolute Gasteiger partial charge is 0.392 e. The molecule has 5 heteroatoms. The minimum absolute atomic E-state index is 0.0442. The molecule has 0 fully saturated rings. The van der Waals surface area contributed by atoms with Crippen LogP contribution in [-0.2, 0) is 6.61 Å². The second-order valence-corrected chi connectivity index (χ2v) is 5.24. The molecular formula is C18H14N4O. The van der Waals surface area contributed by atoms with Crippen molar-refractivity contribution >= 4 is 5.65 Å². The molecule has 0 bridgehead atoms. The lowest BCUT2D eigenvalue weighted by atomic mass is 10.1. The molecular weight excluding hydrogens is 288 g/mol. The number of rotatable bonds is 3. The zero-order valence-electron chi connectivity index (χ0n) is 12.3. The van der Waals surface area contributed by atoms with Gasteiger partial charge in [0.15, 0.2) is 5.65 Å². The van der Waals surface area contributed by atoms with Crippen molar-refractivity contribution in [3.63, 3.8) is 0 Å². The van der Waals surface area contributed by atoms with Crippen molar-refractivity contribution in [2.75, 3.05) is 0 Å². The standard InChI is InChI=1S/C18H14N4O/c23-12-13-3-5-14(6-4-13)17-9-21-18-10-20-16(11-22(17)18)15-2-1-7-19-8-15/h1-11,23H,12H2. The summed E-state index contributed by atoms with van der Waals surface area (Å²) in [5.74, 6) is 0. The van der Waals surface area contributed by atoms with Crippen molar-refractivity contribution < 1.29 is 5.11 Å². The Kier molecular flexibility index (Phi) is 3.33. The second-order valence-electron chi connectivity index (χ2n) is 5.24. The molecule has 0 saturated heterocycles. The van der Waals surface area contributed by atoms with Crippen molar-refractivity contribution in [3.05, 3.63) is 72.9 Å². The Morgan fingerprint density at radius 3 is 2.52 bits per heavy atom. The van der Waals surface area contributed by atoms with Gasteiger partial charge in [-0.2, -0.15) is 0 Å². The van der Waals surface area contributed by atoms with Gasteiger partial charge >= 0.3 is 0 Å². The van der Waals surface area contributed by atoms with Gasteiger partial charge < -0.3 is 5.11 Å².